The fourth-order valence-corrected chi connectivity index (χ4v) is 13.4. The van der Waals surface area contributed by atoms with Gasteiger partial charge in [0.2, 0.25) is 0 Å². The molecule has 11 rings (SSSR count). The Hall–Kier alpha value is -6.97. The van der Waals surface area contributed by atoms with Gasteiger partial charge in [0.15, 0.2) is 5.60 Å². The molecule has 0 saturated heterocycles. The van der Waals surface area contributed by atoms with Crippen molar-refractivity contribution in [2.24, 2.45) is 5.92 Å². The number of rotatable bonds is 15. The summed E-state index contributed by atoms with van der Waals surface area (Å²) in [5, 5.41) is 3.99. The van der Waals surface area contributed by atoms with Crippen molar-refractivity contribution in [1.82, 2.24) is 0 Å². The number of halogens is 5. The molecule has 1 heterocycles. The van der Waals surface area contributed by atoms with Crippen molar-refractivity contribution in [3.63, 3.8) is 0 Å². The third kappa shape index (κ3) is 10.2. The number of carbonyl (C=O) groups is 1. The number of alkyl halides is 3. The predicted octanol–water partition coefficient (Wildman–Crippen LogP) is 20.0. The summed E-state index contributed by atoms with van der Waals surface area (Å²) in [6, 6.07) is 46.1. The highest BCUT2D eigenvalue weighted by Gasteiger charge is 2.46. The van der Waals surface area contributed by atoms with Gasteiger partial charge in [-0.15, -0.1) is 0 Å². The number of carbonyl (C=O) groups excluding carboxylic acids is 1. The minimum Gasteiger partial charge on any atom is -0.494 e. The number of benzene rings is 8. The monoisotopic (exact) mass is 1110 g/mol. The molecule has 4 nitrogen and oxygen atoms in total. The Balaban J connectivity index is 0.873. The van der Waals surface area contributed by atoms with Crippen LogP contribution in [0.25, 0.3) is 50.2 Å². The average Bonchev–Trinajstić information content (AvgIpc) is 3.73. The lowest BCUT2D eigenvalue weighted by atomic mass is 9.76. The van der Waals surface area contributed by atoms with Crippen molar-refractivity contribution in [3.8, 4) is 44.9 Å². The third-order valence-corrected chi connectivity index (χ3v) is 17.3. The number of fused-ring (bicyclic) bond motifs is 8. The first kappa shape index (κ1) is 53.1. The van der Waals surface area contributed by atoms with Gasteiger partial charge in [-0.1, -0.05) is 161 Å². The predicted molar refractivity (Wildman–Crippen MR) is 312 cm³/mol. The molecule has 0 bridgehead atoms. The molecule has 2 aliphatic carbocycles. The molecule has 1 atom stereocenters. The van der Waals surface area contributed by atoms with Crippen molar-refractivity contribution in [3.05, 3.63) is 213 Å². The van der Waals surface area contributed by atoms with E-state index in [0.29, 0.717) is 62.7 Å². The zero-order valence-electron chi connectivity index (χ0n) is 44.6. The van der Waals surface area contributed by atoms with Crippen molar-refractivity contribution in [2.45, 2.75) is 115 Å². The van der Waals surface area contributed by atoms with Crippen molar-refractivity contribution in [1.29, 1.82) is 0 Å². The number of unbranched alkanes of at least 4 members (excludes halogenated alkanes) is 3. The largest absolute Gasteiger partial charge is 0.494 e. The lowest BCUT2D eigenvalue weighted by Crippen LogP contribution is -2.35. The Kier molecular flexibility index (Phi) is 14.8. The highest BCUT2D eigenvalue weighted by Crippen LogP contribution is 2.60. The Bertz CT molecular complexity index is 3520. The molecule has 398 valence electrons. The van der Waals surface area contributed by atoms with E-state index in [1.54, 1.807) is 18.2 Å². The van der Waals surface area contributed by atoms with Crippen LogP contribution in [0, 0.1) is 11.7 Å². The van der Waals surface area contributed by atoms with E-state index in [1.165, 1.54) is 75.1 Å². The van der Waals surface area contributed by atoms with Crippen LogP contribution in [0.4, 0.5) is 23.2 Å². The molecule has 0 radical (unpaired) electrons. The van der Waals surface area contributed by atoms with Crippen LogP contribution in [0.3, 0.4) is 0 Å². The van der Waals surface area contributed by atoms with E-state index in [4.69, 9.17) is 9.47 Å². The number of ether oxygens (including phenoxy) is 2. The van der Waals surface area contributed by atoms with Gasteiger partial charge in [-0.05, 0) is 178 Å². The maximum atomic E-state index is 14.8. The molecule has 78 heavy (non-hydrogen) atoms. The Labute approximate surface area is 464 Å². The van der Waals surface area contributed by atoms with Gasteiger partial charge in [-0.2, -0.15) is 13.2 Å². The molecule has 1 N–H and O–H groups in total. The summed E-state index contributed by atoms with van der Waals surface area (Å²) in [5.41, 5.74) is 9.43. The van der Waals surface area contributed by atoms with Crippen molar-refractivity contribution in [2.75, 3.05) is 11.9 Å². The summed E-state index contributed by atoms with van der Waals surface area (Å²) in [4.78, 5) is 13.6. The van der Waals surface area contributed by atoms with E-state index in [9.17, 15) is 22.4 Å². The Morgan fingerprint density at radius 2 is 1.32 bits per heavy atom. The first-order valence-electron chi connectivity index (χ1n) is 27.7. The number of anilines is 1. The highest BCUT2D eigenvalue weighted by atomic mass is 79.9. The van der Waals surface area contributed by atoms with Crippen LogP contribution in [0.1, 0.15) is 147 Å². The summed E-state index contributed by atoms with van der Waals surface area (Å²) in [7, 11) is 0. The molecule has 3 aliphatic rings. The summed E-state index contributed by atoms with van der Waals surface area (Å²) >= 11 is 3.96. The standard InChI is InChI=1S/C69H64BrF4NO3/c1-5-7-9-10-43-11-13-44(14-12-43)45-15-17-46(18-16-45)47-19-21-49(22-20-47)66(76)75-55-32-23-48(24-33-55)50-40-60-62-57-36-29-53(69(72,73)74)42-59(57)65-58(64(62)67(3,4)63(60)61(70)41-50)37-38-68(78-65,51-25-30-54(71)31-26-51)52-27-34-56(35-28-52)77-39-8-6-2/h15-38,40-44H,5-14,39H2,1-4H3,(H,75,76). The summed E-state index contributed by atoms with van der Waals surface area (Å²) in [5.74, 6) is 1.87. The lowest BCUT2D eigenvalue weighted by molar-refractivity contribution is -0.137. The van der Waals surface area contributed by atoms with Crippen LogP contribution in [-0.4, -0.2) is 12.5 Å². The molecule has 9 heteroatoms. The van der Waals surface area contributed by atoms with Crippen LogP contribution in [0.5, 0.6) is 11.5 Å². The quantitative estimate of drug-likeness (QED) is 0.0822. The van der Waals surface area contributed by atoms with Gasteiger partial charge in [0.25, 0.3) is 5.91 Å². The van der Waals surface area contributed by atoms with Gasteiger partial charge in [-0.3, -0.25) is 4.79 Å². The van der Waals surface area contributed by atoms with Crippen LogP contribution >= 0.6 is 15.9 Å². The SMILES string of the molecule is CCCCCC1CCC(c2ccc(-c3ccc(C(=O)Nc4ccc(-c5cc(Br)c6c(c5)-c5c(c7c(c8cc(C(F)(F)F)ccc58)OC(c5ccc(F)cc5)(c5ccc(OCCCC)cc5)C=C7)C6(C)C)cc4)cc3)cc2)CC1. The molecule has 0 spiro atoms. The number of nitrogens with one attached hydrogen (secondary N) is 1. The smallest absolute Gasteiger partial charge is 0.416 e. The molecular weight excluding hydrogens is 1050 g/mol. The van der Waals surface area contributed by atoms with Crippen molar-refractivity contribution < 1.29 is 31.8 Å². The zero-order valence-corrected chi connectivity index (χ0v) is 46.2. The first-order valence-corrected chi connectivity index (χ1v) is 28.5. The minimum atomic E-state index is -4.63. The summed E-state index contributed by atoms with van der Waals surface area (Å²) in [6.45, 7) is 9.20. The number of amides is 1. The lowest BCUT2D eigenvalue weighted by Gasteiger charge is -2.38. The van der Waals surface area contributed by atoms with E-state index in [-0.39, 0.29) is 5.91 Å². The number of hydrogen-bond donors (Lipinski definition) is 1. The molecule has 8 aromatic carbocycles. The Morgan fingerprint density at radius 1 is 0.692 bits per heavy atom. The van der Waals surface area contributed by atoms with Gasteiger partial charge in [0, 0.05) is 43.2 Å². The van der Waals surface area contributed by atoms with Gasteiger partial charge in [-0.25, -0.2) is 4.39 Å². The van der Waals surface area contributed by atoms with Gasteiger partial charge in [0.1, 0.15) is 17.3 Å². The van der Waals surface area contributed by atoms with Gasteiger partial charge >= 0.3 is 6.18 Å². The molecular formula is C69H64BrF4NO3. The molecule has 8 aromatic rings. The molecule has 1 saturated carbocycles. The fourth-order valence-electron chi connectivity index (χ4n) is 12.5. The first-order chi connectivity index (χ1) is 37.6. The molecule has 1 fully saturated rings. The van der Waals surface area contributed by atoms with E-state index in [0.717, 1.165) is 73.8 Å². The minimum absolute atomic E-state index is 0.212. The second-order valence-electron chi connectivity index (χ2n) is 22.1. The van der Waals surface area contributed by atoms with Crippen molar-refractivity contribution >= 4 is 44.4 Å². The average molecular weight is 1110 g/mol. The Morgan fingerprint density at radius 3 is 1.97 bits per heavy atom. The van der Waals surface area contributed by atoms with E-state index < -0.39 is 28.6 Å². The van der Waals surface area contributed by atoms with Crippen LogP contribution in [0.15, 0.2) is 162 Å². The van der Waals surface area contributed by atoms with Crippen LogP contribution in [-0.2, 0) is 17.2 Å². The summed E-state index contributed by atoms with van der Waals surface area (Å²) < 4.78 is 72.9. The third-order valence-electron chi connectivity index (χ3n) is 16.7. The topological polar surface area (TPSA) is 47.6 Å². The van der Waals surface area contributed by atoms with E-state index >= 15 is 0 Å². The molecule has 1 unspecified atom stereocenters. The maximum absolute atomic E-state index is 14.8. The zero-order chi connectivity index (χ0) is 54.3. The highest BCUT2D eigenvalue weighted by molar-refractivity contribution is 9.10. The van der Waals surface area contributed by atoms with Gasteiger partial charge in [0.05, 0.1) is 12.2 Å². The van der Waals surface area contributed by atoms with E-state index in [1.807, 2.05) is 84.9 Å². The second kappa shape index (κ2) is 21.7. The van der Waals surface area contributed by atoms with Gasteiger partial charge < -0.3 is 14.8 Å². The molecule has 0 aromatic heterocycles. The normalized spacial score (nSPS) is 18.2. The maximum Gasteiger partial charge on any atom is 0.416 e. The summed E-state index contributed by atoms with van der Waals surface area (Å²) in [6.07, 6.45) is 11.7. The molecule has 1 aliphatic heterocycles. The van der Waals surface area contributed by atoms with Crippen LogP contribution in [0.2, 0.25) is 0 Å². The van der Waals surface area contributed by atoms with E-state index in [2.05, 4.69) is 85.3 Å². The number of hydrogen-bond acceptors (Lipinski definition) is 3. The second-order valence-corrected chi connectivity index (χ2v) is 23.0. The fraction of sp³-hybridized carbons (Fsp3) is 0.290. The van der Waals surface area contributed by atoms with Crippen LogP contribution < -0.4 is 14.8 Å². The molecule has 1 amide bonds.